The monoisotopic (exact) mass is 450 g/mol. The average molecular weight is 452 g/mol. The molecule has 0 aliphatic rings. The maximum Gasteiger partial charge on any atom is 0.132 e. The minimum atomic E-state index is 0.0595. The fourth-order valence-corrected chi connectivity index (χ4v) is 3.55. The van der Waals surface area contributed by atoms with Gasteiger partial charge in [-0.3, -0.25) is 4.79 Å². The second-order valence-corrected chi connectivity index (χ2v) is 7.61. The Balaban J connectivity index is 1.86. The van der Waals surface area contributed by atoms with Gasteiger partial charge in [0.2, 0.25) is 0 Å². The molecule has 0 saturated heterocycles. The Morgan fingerprint density at radius 1 is 1.12 bits per heavy atom. The molecular weight excluding hydrogens is 432 g/mol. The van der Waals surface area contributed by atoms with Gasteiger partial charge in [-0.05, 0) is 60.9 Å². The van der Waals surface area contributed by atoms with E-state index in [0.717, 1.165) is 32.2 Å². The molecule has 0 aliphatic heterocycles. The summed E-state index contributed by atoms with van der Waals surface area (Å²) in [5, 5.41) is 0. The van der Waals surface area contributed by atoms with Crippen molar-refractivity contribution in [3.8, 4) is 5.75 Å². The number of benzene rings is 2. The summed E-state index contributed by atoms with van der Waals surface area (Å²) >= 11 is 6.95. The zero-order valence-electron chi connectivity index (χ0n) is 13.8. The Bertz CT molecular complexity index is 701. The number of hydrogen-bond donors (Lipinski definition) is 0. The number of ether oxygens (including phenoxy) is 1. The molecule has 1 unspecified atom stereocenters. The molecule has 0 aliphatic carbocycles. The Labute approximate surface area is 160 Å². The van der Waals surface area contributed by atoms with Crippen molar-refractivity contribution in [2.45, 2.75) is 20.3 Å². The first-order valence-corrected chi connectivity index (χ1v) is 9.37. The van der Waals surface area contributed by atoms with Crippen molar-refractivity contribution in [1.29, 1.82) is 0 Å². The molecular formula is C20H20Br2O2. The maximum atomic E-state index is 11.3. The van der Waals surface area contributed by atoms with Crippen LogP contribution in [0.4, 0.5) is 0 Å². The SMILES string of the molecule is CC(=O)C(C)Cc1ccc(OC/C=C/c2cc(Br)cc(Br)c2)cc1. The first-order valence-electron chi connectivity index (χ1n) is 7.79. The highest BCUT2D eigenvalue weighted by Crippen LogP contribution is 2.21. The van der Waals surface area contributed by atoms with E-state index in [1.807, 2.05) is 61.5 Å². The van der Waals surface area contributed by atoms with E-state index in [9.17, 15) is 4.79 Å². The number of hydrogen-bond acceptors (Lipinski definition) is 2. The molecule has 0 aromatic heterocycles. The fourth-order valence-electron chi connectivity index (χ4n) is 2.22. The highest BCUT2D eigenvalue weighted by Gasteiger charge is 2.08. The van der Waals surface area contributed by atoms with Gasteiger partial charge in [0.05, 0.1) is 0 Å². The van der Waals surface area contributed by atoms with Crippen LogP contribution in [-0.2, 0) is 11.2 Å². The number of carbonyl (C=O) groups excluding carboxylic acids is 1. The molecule has 0 bridgehead atoms. The summed E-state index contributed by atoms with van der Waals surface area (Å²) < 4.78 is 7.79. The van der Waals surface area contributed by atoms with Crippen molar-refractivity contribution in [2.75, 3.05) is 6.61 Å². The molecule has 0 N–H and O–H groups in total. The van der Waals surface area contributed by atoms with E-state index in [2.05, 4.69) is 31.9 Å². The molecule has 2 aromatic carbocycles. The Kier molecular flexibility index (Phi) is 7.25. The predicted octanol–water partition coefficient (Wildman–Crippen LogP) is 6.07. The van der Waals surface area contributed by atoms with E-state index < -0.39 is 0 Å². The first kappa shape index (κ1) is 18.9. The van der Waals surface area contributed by atoms with Gasteiger partial charge in [-0.25, -0.2) is 0 Å². The standard InChI is InChI=1S/C20H20Br2O2/c1-14(15(2)23)10-16-5-7-20(8-6-16)24-9-3-4-17-11-18(21)13-19(22)12-17/h3-8,11-14H,9-10H2,1-2H3/b4-3+. The molecule has 126 valence electrons. The molecule has 2 nitrogen and oxygen atoms in total. The summed E-state index contributed by atoms with van der Waals surface area (Å²) in [6, 6.07) is 14.0. The smallest absolute Gasteiger partial charge is 0.132 e. The van der Waals surface area contributed by atoms with Crippen molar-refractivity contribution in [3.63, 3.8) is 0 Å². The second kappa shape index (κ2) is 9.19. The van der Waals surface area contributed by atoms with Gasteiger partial charge in [-0.2, -0.15) is 0 Å². The van der Waals surface area contributed by atoms with Crippen molar-refractivity contribution < 1.29 is 9.53 Å². The zero-order chi connectivity index (χ0) is 17.5. The Hall–Kier alpha value is -1.39. The quantitative estimate of drug-likeness (QED) is 0.510. The molecule has 4 heteroatoms. The van der Waals surface area contributed by atoms with Crippen LogP contribution in [0.5, 0.6) is 5.75 Å². The third-order valence-electron chi connectivity index (χ3n) is 3.70. The normalized spacial score (nSPS) is 12.3. The van der Waals surface area contributed by atoms with Crippen LogP contribution in [-0.4, -0.2) is 12.4 Å². The van der Waals surface area contributed by atoms with Gasteiger partial charge in [0.25, 0.3) is 0 Å². The van der Waals surface area contributed by atoms with Crippen molar-refractivity contribution in [3.05, 3.63) is 68.6 Å². The lowest BCUT2D eigenvalue weighted by molar-refractivity contribution is -0.120. The van der Waals surface area contributed by atoms with Crippen LogP contribution >= 0.6 is 31.9 Å². The number of carbonyl (C=O) groups is 1. The molecule has 0 spiro atoms. The summed E-state index contributed by atoms with van der Waals surface area (Å²) in [4.78, 5) is 11.3. The minimum Gasteiger partial charge on any atom is -0.490 e. The zero-order valence-corrected chi connectivity index (χ0v) is 16.9. The van der Waals surface area contributed by atoms with Crippen LogP contribution in [0.2, 0.25) is 0 Å². The van der Waals surface area contributed by atoms with Crippen LogP contribution in [0.15, 0.2) is 57.5 Å². The molecule has 24 heavy (non-hydrogen) atoms. The molecule has 0 amide bonds. The number of Topliss-reactive ketones (excluding diaryl/α,β-unsaturated/α-hetero) is 1. The van der Waals surface area contributed by atoms with Gasteiger partial charge in [0.15, 0.2) is 0 Å². The lowest BCUT2D eigenvalue weighted by Gasteiger charge is -2.08. The molecule has 0 heterocycles. The van der Waals surface area contributed by atoms with Gasteiger partial charge in [-0.15, -0.1) is 0 Å². The Morgan fingerprint density at radius 3 is 2.33 bits per heavy atom. The third-order valence-corrected chi connectivity index (χ3v) is 4.62. The highest BCUT2D eigenvalue weighted by atomic mass is 79.9. The van der Waals surface area contributed by atoms with E-state index >= 15 is 0 Å². The summed E-state index contributed by atoms with van der Waals surface area (Å²) in [6.07, 6.45) is 4.78. The molecule has 2 aromatic rings. The fraction of sp³-hybridized carbons (Fsp3) is 0.250. The van der Waals surface area contributed by atoms with E-state index in [1.165, 1.54) is 0 Å². The molecule has 0 saturated carbocycles. The van der Waals surface area contributed by atoms with Gasteiger partial charge >= 0.3 is 0 Å². The van der Waals surface area contributed by atoms with Crippen molar-refractivity contribution in [2.24, 2.45) is 5.92 Å². The number of halogens is 2. The minimum absolute atomic E-state index is 0.0595. The summed E-state index contributed by atoms with van der Waals surface area (Å²) in [5.74, 6) is 1.11. The average Bonchev–Trinajstić information content (AvgIpc) is 2.52. The van der Waals surface area contributed by atoms with Crippen LogP contribution < -0.4 is 4.74 Å². The van der Waals surface area contributed by atoms with Crippen LogP contribution in [0, 0.1) is 5.92 Å². The third kappa shape index (κ3) is 6.25. The van der Waals surface area contributed by atoms with Crippen molar-refractivity contribution in [1.82, 2.24) is 0 Å². The largest absolute Gasteiger partial charge is 0.490 e. The van der Waals surface area contributed by atoms with E-state index in [1.54, 1.807) is 6.92 Å². The van der Waals surface area contributed by atoms with Gasteiger partial charge in [0.1, 0.15) is 18.1 Å². The number of rotatable bonds is 7. The summed E-state index contributed by atoms with van der Waals surface area (Å²) in [5.41, 5.74) is 2.26. The predicted molar refractivity (Wildman–Crippen MR) is 106 cm³/mol. The lowest BCUT2D eigenvalue weighted by Crippen LogP contribution is -2.09. The summed E-state index contributed by atoms with van der Waals surface area (Å²) in [6.45, 7) is 4.10. The van der Waals surface area contributed by atoms with Gasteiger partial charge in [-0.1, -0.05) is 57.0 Å². The Morgan fingerprint density at radius 2 is 1.75 bits per heavy atom. The number of ketones is 1. The van der Waals surface area contributed by atoms with E-state index in [0.29, 0.717) is 6.61 Å². The lowest BCUT2D eigenvalue weighted by atomic mass is 9.98. The molecule has 0 radical (unpaired) electrons. The van der Waals surface area contributed by atoms with Crippen LogP contribution in [0.3, 0.4) is 0 Å². The van der Waals surface area contributed by atoms with Gasteiger partial charge < -0.3 is 4.74 Å². The topological polar surface area (TPSA) is 26.3 Å². The molecule has 2 rings (SSSR count). The molecule has 0 fully saturated rings. The van der Waals surface area contributed by atoms with Crippen LogP contribution in [0.1, 0.15) is 25.0 Å². The maximum absolute atomic E-state index is 11.3. The second-order valence-electron chi connectivity index (χ2n) is 5.78. The van der Waals surface area contributed by atoms with Gasteiger partial charge in [0, 0.05) is 14.9 Å². The molecule has 1 atom stereocenters. The first-order chi connectivity index (χ1) is 11.4. The van der Waals surface area contributed by atoms with E-state index in [-0.39, 0.29) is 11.7 Å². The summed E-state index contributed by atoms with van der Waals surface area (Å²) in [7, 11) is 0. The van der Waals surface area contributed by atoms with Crippen molar-refractivity contribution >= 4 is 43.7 Å². The van der Waals surface area contributed by atoms with E-state index in [4.69, 9.17) is 4.74 Å². The highest BCUT2D eigenvalue weighted by molar-refractivity contribution is 9.11. The van der Waals surface area contributed by atoms with Crippen LogP contribution in [0.25, 0.3) is 6.08 Å².